The quantitative estimate of drug-likeness (QED) is 0.470. The van der Waals surface area contributed by atoms with Crippen LogP contribution in [-0.2, 0) is 14.4 Å². The minimum absolute atomic E-state index is 0.00551. The van der Waals surface area contributed by atoms with Gasteiger partial charge in [-0.05, 0) is 33.6 Å². The van der Waals surface area contributed by atoms with Gasteiger partial charge < -0.3 is 19.8 Å². The number of fused-ring (bicyclic) bond motifs is 2. The second kappa shape index (κ2) is 9.10. The number of thioether (sulfide) groups is 1. The Kier molecular flexibility index (Phi) is 6.71. The van der Waals surface area contributed by atoms with Crippen molar-refractivity contribution in [1.82, 2.24) is 14.7 Å². The third kappa shape index (κ3) is 4.03. The second-order valence-corrected chi connectivity index (χ2v) is 12.2. The molecule has 0 bridgehead atoms. The number of carbonyl (C=O) groups excluding carboxylic acids is 3. The molecule has 33 heavy (non-hydrogen) atoms. The van der Waals surface area contributed by atoms with Crippen LogP contribution >= 0.6 is 11.8 Å². The van der Waals surface area contributed by atoms with Crippen LogP contribution in [0, 0.1) is 11.8 Å². The first kappa shape index (κ1) is 24.3. The zero-order valence-electron chi connectivity index (χ0n) is 20.2. The number of likely N-dealkylation sites (N-methyl/N-ethyl adjacent to an activating group) is 1. The van der Waals surface area contributed by atoms with Crippen molar-refractivity contribution in [3.63, 3.8) is 0 Å². The lowest BCUT2D eigenvalue weighted by Gasteiger charge is -2.40. The summed E-state index contributed by atoms with van der Waals surface area (Å²) in [5.74, 6) is -1.08. The molecular weight excluding hydrogens is 438 g/mol. The normalized spacial score (nSPS) is 33.8. The number of carbonyl (C=O) groups is 3. The van der Waals surface area contributed by atoms with Gasteiger partial charge in [0.1, 0.15) is 6.04 Å². The summed E-state index contributed by atoms with van der Waals surface area (Å²) in [5, 5.41) is 8.96. The van der Waals surface area contributed by atoms with Gasteiger partial charge in [-0.25, -0.2) is 0 Å². The number of likely N-dealkylation sites (tertiary alicyclic amines) is 1. The number of rotatable bonds is 6. The highest BCUT2D eigenvalue weighted by Gasteiger charge is 2.71. The van der Waals surface area contributed by atoms with Gasteiger partial charge in [-0.2, -0.15) is 0 Å². The number of unbranched alkanes of at least 4 members (excludes halogenated alkanes) is 3. The Bertz CT molecular complexity index is 866. The van der Waals surface area contributed by atoms with Gasteiger partial charge in [-0.1, -0.05) is 37.1 Å². The molecule has 1 unspecified atom stereocenters. The Balaban J connectivity index is 1.73. The number of aliphatic hydroxyl groups excluding tert-OH is 1. The predicted octanol–water partition coefficient (Wildman–Crippen LogP) is 2.06. The van der Waals surface area contributed by atoms with Crippen molar-refractivity contribution < 1.29 is 19.5 Å². The Hall–Kier alpha value is -1.80. The van der Waals surface area contributed by atoms with Crippen LogP contribution in [0.2, 0.25) is 0 Å². The molecule has 7 nitrogen and oxygen atoms in total. The number of hydrogen-bond acceptors (Lipinski definition) is 5. The molecule has 0 saturated carbocycles. The lowest BCUT2D eigenvalue weighted by Crippen LogP contribution is -2.57. The topological polar surface area (TPSA) is 81.2 Å². The second-order valence-electron chi connectivity index (χ2n) is 10.7. The summed E-state index contributed by atoms with van der Waals surface area (Å²) in [5.41, 5.74) is -0.371. The Morgan fingerprint density at radius 2 is 1.76 bits per heavy atom. The van der Waals surface area contributed by atoms with Crippen LogP contribution in [0.1, 0.15) is 46.5 Å². The fourth-order valence-corrected chi connectivity index (χ4v) is 7.86. The van der Waals surface area contributed by atoms with E-state index in [0.29, 0.717) is 19.6 Å². The average molecular weight is 476 g/mol. The van der Waals surface area contributed by atoms with E-state index in [-0.39, 0.29) is 35.1 Å². The maximum atomic E-state index is 14.1. The zero-order chi connectivity index (χ0) is 24.0. The van der Waals surface area contributed by atoms with Gasteiger partial charge in [0, 0.05) is 44.1 Å². The molecule has 4 aliphatic rings. The highest BCUT2D eigenvalue weighted by molar-refractivity contribution is 8.02. The monoisotopic (exact) mass is 475 g/mol. The first-order chi connectivity index (χ1) is 15.6. The van der Waals surface area contributed by atoms with Crippen LogP contribution in [0.4, 0.5) is 0 Å². The van der Waals surface area contributed by atoms with Crippen LogP contribution in [0.15, 0.2) is 24.3 Å². The first-order valence-electron chi connectivity index (χ1n) is 12.1. The van der Waals surface area contributed by atoms with E-state index >= 15 is 0 Å². The van der Waals surface area contributed by atoms with Crippen LogP contribution in [0.3, 0.4) is 0 Å². The molecule has 2 saturated heterocycles. The van der Waals surface area contributed by atoms with Gasteiger partial charge in [0.15, 0.2) is 0 Å². The Morgan fingerprint density at radius 1 is 1.03 bits per heavy atom. The van der Waals surface area contributed by atoms with E-state index in [2.05, 4.69) is 12.2 Å². The fourth-order valence-electron chi connectivity index (χ4n) is 5.85. The van der Waals surface area contributed by atoms with Gasteiger partial charge in [-0.15, -0.1) is 11.8 Å². The highest BCUT2D eigenvalue weighted by atomic mass is 32.2. The third-order valence-electron chi connectivity index (χ3n) is 7.48. The molecule has 8 heteroatoms. The van der Waals surface area contributed by atoms with Crippen molar-refractivity contribution in [1.29, 1.82) is 0 Å². The molecule has 4 heterocycles. The number of amides is 3. The number of nitrogens with zero attached hydrogens (tertiary/aromatic N) is 3. The molecular formula is C25H37N3O4S. The smallest absolute Gasteiger partial charge is 0.247 e. The molecule has 2 fully saturated rings. The molecule has 5 atom stereocenters. The van der Waals surface area contributed by atoms with Crippen LogP contribution < -0.4 is 0 Å². The van der Waals surface area contributed by atoms with Crippen LogP contribution in [-0.4, -0.2) is 92.4 Å². The molecule has 1 N–H and O–H groups in total. The van der Waals surface area contributed by atoms with Crippen molar-refractivity contribution in [2.24, 2.45) is 11.8 Å². The summed E-state index contributed by atoms with van der Waals surface area (Å²) < 4.78 is -0.729. The first-order valence-corrected chi connectivity index (χ1v) is 13.0. The zero-order valence-corrected chi connectivity index (χ0v) is 21.0. The molecule has 1 spiro atoms. The van der Waals surface area contributed by atoms with Crippen molar-refractivity contribution in [3.8, 4) is 0 Å². The van der Waals surface area contributed by atoms with E-state index < -0.39 is 22.6 Å². The number of aliphatic hydroxyl groups is 1. The summed E-state index contributed by atoms with van der Waals surface area (Å²) >= 11 is 1.64. The molecule has 3 amide bonds. The molecule has 0 aromatic carbocycles. The highest BCUT2D eigenvalue weighted by Crippen LogP contribution is 2.61. The molecule has 0 aromatic rings. The largest absolute Gasteiger partial charge is 0.396 e. The minimum Gasteiger partial charge on any atom is -0.396 e. The molecule has 0 aliphatic carbocycles. The molecule has 0 aromatic heterocycles. The lowest BCUT2D eigenvalue weighted by atomic mass is 9.78. The van der Waals surface area contributed by atoms with E-state index in [0.717, 1.165) is 25.7 Å². The molecule has 4 rings (SSSR count). The molecule has 0 radical (unpaired) electrons. The summed E-state index contributed by atoms with van der Waals surface area (Å²) in [7, 11) is 1.79. The van der Waals surface area contributed by atoms with E-state index in [1.807, 2.05) is 37.8 Å². The Labute approximate surface area is 201 Å². The van der Waals surface area contributed by atoms with Crippen molar-refractivity contribution in [3.05, 3.63) is 24.3 Å². The van der Waals surface area contributed by atoms with Gasteiger partial charge in [-0.3, -0.25) is 14.4 Å². The fraction of sp³-hybridized carbons (Fsp3) is 0.720. The van der Waals surface area contributed by atoms with E-state index in [1.165, 1.54) is 0 Å². The maximum Gasteiger partial charge on any atom is 0.247 e. The van der Waals surface area contributed by atoms with E-state index in [1.54, 1.807) is 28.6 Å². The predicted molar refractivity (Wildman–Crippen MR) is 130 cm³/mol. The van der Waals surface area contributed by atoms with Gasteiger partial charge in [0.2, 0.25) is 17.7 Å². The van der Waals surface area contributed by atoms with Crippen molar-refractivity contribution in [2.75, 3.05) is 33.3 Å². The summed E-state index contributed by atoms with van der Waals surface area (Å²) in [6, 6.07) is -0.603. The standard InChI is InChI=1S/C25H37N3O4S/c1-24(2,3)28-15-10-12-25-19(18-17(33-25)11-9-13-26(4)21(18)30)22(31)27(20(25)23(28)32)14-7-5-6-8-16-29/h9-12,17-20,29H,5-8,13-16H2,1-4H3/t17-,18+,19+,20?,25+/m1/s1. The van der Waals surface area contributed by atoms with Crippen molar-refractivity contribution >= 4 is 29.5 Å². The molecule has 182 valence electrons. The number of hydrogen-bond donors (Lipinski definition) is 1. The SMILES string of the molecule is CN1CC=C[C@H]2S[C@]34C=CCN(C(C)(C)C)C(=O)C3N(CCCCCCO)C(=O)[C@@H]4[C@H]2C1=O. The minimum atomic E-state index is -0.729. The van der Waals surface area contributed by atoms with Crippen LogP contribution in [0.25, 0.3) is 0 Å². The summed E-state index contributed by atoms with van der Waals surface area (Å²) in [4.78, 5) is 46.8. The lowest BCUT2D eigenvalue weighted by molar-refractivity contribution is -0.145. The Morgan fingerprint density at radius 3 is 2.45 bits per heavy atom. The van der Waals surface area contributed by atoms with Gasteiger partial charge in [0.05, 0.1) is 16.6 Å². The van der Waals surface area contributed by atoms with E-state index in [4.69, 9.17) is 5.11 Å². The average Bonchev–Trinajstić information content (AvgIpc) is 3.06. The summed E-state index contributed by atoms with van der Waals surface area (Å²) in [6.07, 6.45) is 11.5. The van der Waals surface area contributed by atoms with E-state index in [9.17, 15) is 14.4 Å². The van der Waals surface area contributed by atoms with Gasteiger partial charge in [0.25, 0.3) is 0 Å². The van der Waals surface area contributed by atoms with Crippen molar-refractivity contribution in [2.45, 2.75) is 68.0 Å². The maximum absolute atomic E-state index is 14.1. The molecule has 4 aliphatic heterocycles. The summed E-state index contributed by atoms with van der Waals surface area (Å²) in [6.45, 7) is 7.80. The van der Waals surface area contributed by atoms with Gasteiger partial charge >= 0.3 is 0 Å². The third-order valence-corrected chi connectivity index (χ3v) is 9.22. The van der Waals surface area contributed by atoms with Crippen LogP contribution in [0.5, 0.6) is 0 Å².